The Hall–Kier alpha value is -2.77. The van der Waals surface area contributed by atoms with Gasteiger partial charge in [-0.1, -0.05) is 6.92 Å². The van der Waals surface area contributed by atoms with E-state index < -0.39 is 0 Å². The van der Waals surface area contributed by atoms with E-state index in [1.807, 2.05) is 31.8 Å². The first-order valence-electron chi connectivity index (χ1n) is 10.7. The van der Waals surface area contributed by atoms with Crippen molar-refractivity contribution in [1.29, 1.82) is 0 Å². The van der Waals surface area contributed by atoms with Crippen LogP contribution in [0.3, 0.4) is 0 Å². The standard InChI is InChI=1S/C21H28N8/c1-3-16-12-23-15(2)24-20(16)28-9-6-17(7-10-28)21-26-25-19(29(21)18-4-5-18)13-27-11-8-22-14-27/h8,11-12,14,17-18H,3-7,9-10,13H2,1-2H3. The maximum absolute atomic E-state index is 4.74. The van der Waals surface area contributed by atoms with Crippen molar-refractivity contribution < 1.29 is 0 Å². The Labute approximate surface area is 171 Å². The van der Waals surface area contributed by atoms with Crippen molar-refractivity contribution in [3.05, 3.63) is 48.0 Å². The number of aromatic nitrogens is 7. The number of imidazole rings is 1. The van der Waals surface area contributed by atoms with Gasteiger partial charge in [-0.2, -0.15) is 0 Å². The number of hydrogen-bond acceptors (Lipinski definition) is 6. The number of aryl methyl sites for hydroxylation is 2. The summed E-state index contributed by atoms with van der Waals surface area (Å²) in [6, 6.07) is 0.577. The largest absolute Gasteiger partial charge is 0.356 e. The van der Waals surface area contributed by atoms with Crippen LogP contribution >= 0.6 is 0 Å². The van der Waals surface area contributed by atoms with E-state index in [0.29, 0.717) is 12.0 Å². The molecule has 1 saturated heterocycles. The van der Waals surface area contributed by atoms with Gasteiger partial charge in [-0.25, -0.2) is 15.0 Å². The molecule has 3 aromatic heterocycles. The van der Waals surface area contributed by atoms with Crippen molar-refractivity contribution in [3.63, 3.8) is 0 Å². The third-order valence-corrected chi connectivity index (χ3v) is 6.09. The minimum atomic E-state index is 0.462. The Morgan fingerprint density at radius 2 is 1.93 bits per heavy atom. The second-order valence-electron chi connectivity index (χ2n) is 8.19. The summed E-state index contributed by atoms with van der Waals surface area (Å²) in [7, 11) is 0. The minimum absolute atomic E-state index is 0.462. The highest BCUT2D eigenvalue weighted by molar-refractivity contribution is 5.46. The van der Waals surface area contributed by atoms with Crippen LogP contribution in [0.1, 0.15) is 67.6 Å². The van der Waals surface area contributed by atoms with Crippen molar-refractivity contribution in [1.82, 2.24) is 34.3 Å². The van der Waals surface area contributed by atoms with Crippen LogP contribution in [0.15, 0.2) is 24.9 Å². The van der Waals surface area contributed by atoms with Crippen LogP contribution in [0, 0.1) is 6.92 Å². The van der Waals surface area contributed by atoms with Crippen LogP contribution in [-0.4, -0.2) is 47.4 Å². The molecular formula is C21H28N8. The van der Waals surface area contributed by atoms with Gasteiger partial charge in [0.1, 0.15) is 17.5 Å². The maximum atomic E-state index is 4.74. The van der Waals surface area contributed by atoms with Gasteiger partial charge in [0.15, 0.2) is 5.82 Å². The summed E-state index contributed by atoms with van der Waals surface area (Å²) in [6.07, 6.45) is 13.2. The second kappa shape index (κ2) is 7.57. The molecule has 0 amide bonds. The summed E-state index contributed by atoms with van der Waals surface area (Å²) in [5.41, 5.74) is 1.23. The maximum Gasteiger partial charge on any atom is 0.153 e. The van der Waals surface area contributed by atoms with Crippen LogP contribution in [0.5, 0.6) is 0 Å². The average molecular weight is 393 g/mol. The first-order chi connectivity index (χ1) is 14.2. The Balaban J connectivity index is 1.34. The number of nitrogens with zero attached hydrogens (tertiary/aromatic N) is 8. The van der Waals surface area contributed by atoms with Gasteiger partial charge in [0.2, 0.25) is 0 Å². The molecule has 5 rings (SSSR count). The zero-order valence-electron chi connectivity index (χ0n) is 17.2. The van der Waals surface area contributed by atoms with Gasteiger partial charge >= 0.3 is 0 Å². The second-order valence-corrected chi connectivity index (χ2v) is 8.19. The van der Waals surface area contributed by atoms with E-state index in [4.69, 9.17) is 4.98 Å². The van der Waals surface area contributed by atoms with Crippen molar-refractivity contribution in [2.75, 3.05) is 18.0 Å². The highest BCUT2D eigenvalue weighted by atomic mass is 15.3. The van der Waals surface area contributed by atoms with E-state index in [0.717, 1.165) is 56.4 Å². The summed E-state index contributed by atoms with van der Waals surface area (Å²) in [5.74, 6) is 4.66. The van der Waals surface area contributed by atoms with Gasteiger partial charge < -0.3 is 14.0 Å². The Morgan fingerprint density at radius 3 is 2.62 bits per heavy atom. The molecule has 0 unspecified atom stereocenters. The molecule has 1 aliphatic heterocycles. The van der Waals surface area contributed by atoms with Crippen molar-refractivity contribution >= 4 is 5.82 Å². The zero-order valence-corrected chi connectivity index (χ0v) is 17.2. The fraction of sp³-hybridized carbons (Fsp3) is 0.571. The summed E-state index contributed by atoms with van der Waals surface area (Å²) < 4.78 is 4.49. The Morgan fingerprint density at radius 1 is 1.10 bits per heavy atom. The molecule has 0 N–H and O–H groups in total. The average Bonchev–Trinajstić information content (AvgIpc) is 3.29. The van der Waals surface area contributed by atoms with E-state index in [1.165, 1.54) is 24.2 Å². The van der Waals surface area contributed by atoms with Gasteiger partial charge in [-0.15, -0.1) is 10.2 Å². The van der Waals surface area contributed by atoms with Crippen LogP contribution in [0.2, 0.25) is 0 Å². The van der Waals surface area contributed by atoms with Crippen LogP contribution in [-0.2, 0) is 13.0 Å². The SMILES string of the molecule is CCc1cnc(C)nc1N1CCC(c2nnc(Cn3ccnc3)n2C2CC2)CC1. The van der Waals surface area contributed by atoms with Gasteiger partial charge in [0, 0.05) is 49.2 Å². The van der Waals surface area contributed by atoms with Crippen LogP contribution in [0.25, 0.3) is 0 Å². The molecule has 8 heteroatoms. The monoisotopic (exact) mass is 392 g/mol. The number of rotatable bonds is 6. The zero-order chi connectivity index (χ0) is 19.8. The summed E-state index contributed by atoms with van der Waals surface area (Å²) >= 11 is 0. The van der Waals surface area contributed by atoms with E-state index in [1.54, 1.807) is 0 Å². The van der Waals surface area contributed by atoms with Crippen molar-refractivity contribution in [3.8, 4) is 0 Å². The van der Waals surface area contributed by atoms with E-state index in [-0.39, 0.29) is 0 Å². The number of anilines is 1. The molecule has 1 aliphatic carbocycles. The highest BCUT2D eigenvalue weighted by Gasteiger charge is 2.34. The number of hydrogen-bond donors (Lipinski definition) is 0. The first-order valence-corrected chi connectivity index (χ1v) is 10.7. The molecule has 0 bridgehead atoms. The molecule has 152 valence electrons. The first kappa shape index (κ1) is 18.3. The van der Waals surface area contributed by atoms with Gasteiger partial charge in [-0.3, -0.25) is 0 Å². The van der Waals surface area contributed by atoms with Crippen molar-refractivity contribution in [2.24, 2.45) is 0 Å². The van der Waals surface area contributed by atoms with E-state index >= 15 is 0 Å². The molecule has 2 fully saturated rings. The minimum Gasteiger partial charge on any atom is -0.356 e. The normalized spacial score (nSPS) is 17.8. The predicted octanol–water partition coefficient (Wildman–Crippen LogP) is 2.90. The van der Waals surface area contributed by atoms with E-state index in [9.17, 15) is 0 Å². The van der Waals surface area contributed by atoms with Crippen LogP contribution < -0.4 is 4.90 Å². The molecule has 2 aliphatic rings. The molecule has 4 heterocycles. The summed E-state index contributed by atoms with van der Waals surface area (Å²) in [6.45, 7) is 6.88. The molecular weight excluding hydrogens is 364 g/mol. The van der Waals surface area contributed by atoms with Gasteiger partial charge in [-0.05, 0) is 39.0 Å². The van der Waals surface area contributed by atoms with Crippen LogP contribution in [0.4, 0.5) is 5.82 Å². The summed E-state index contributed by atoms with van der Waals surface area (Å²) in [5, 5.41) is 9.24. The van der Waals surface area contributed by atoms with Crippen molar-refractivity contribution in [2.45, 2.75) is 64.5 Å². The molecule has 1 saturated carbocycles. The molecule has 0 radical (unpaired) electrons. The fourth-order valence-corrected chi connectivity index (χ4v) is 4.35. The van der Waals surface area contributed by atoms with Gasteiger partial charge in [0.25, 0.3) is 0 Å². The summed E-state index contributed by atoms with van der Waals surface area (Å²) in [4.78, 5) is 15.7. The molecule has 0 spiro atoms. The Bertz CT molecular complexity index is 965. The number of piperidine rings is 1. The topological polar surface area (TPSA) is 77.6 Å². The lowest BCUT2D eigenvalue weighted by atomic mass is 9.95. The smallest absolute Gasteiger partial charge is 0.153 e. The third kappa shape index (κ3) is 3.63. The van der Waals surface area contributed by atoms with E-state index in [2.05, 4.69) is 41.1 Å². The molecule has 0 atom stereocenters. The Kier molecular flexibility index (Phi) is 4.77. The molecule has 3 aromatic rings. The molecule has 29 heavy (non-hydrogen) atoms. The molecule has 0 aromatic carbocycles. The fourth-order valence-electron chi connectivity index (χ4n) is 4.35. The predicted molar refractivity (Wildman–Crippen MR) is 110 cm³/mol. The lowest BCUT2D eigenvalue weighted by molar-refractivity contribution is 0.458. The third-order valence-electron chi connectivity index (χ3n) is 6.09. The highest BCUT2D eigenvalue weighted by Crippen LogP contribution is 2.40. The quantitative estimate of drug-likeness (QED) is 0.642. The molecule has 8 nitrogen and oxygen atoms in total. The van der Waals surface area contributed by atoms with Gasteiger partial charge in [0.05, 0.1) is 12.9 Å². The lowest BCUT2D eigenvalue weighted by Crippen LogP contribution is -2.35. The lowest BCUT2D eigenvalue weighted by Gasteiger charge is -2.33.